The monoisotopic (exact) mass is 631 g/mol. The highest BCUT2D eigenvalue weighted by Gasteiger charge is 2.31. The minimum Gasteiger partial charge on any atom is -0.480 e. The predicted molar refractivity (Wildman–Crippen MR) is 152 cm³/mol. The van der Waals surface area contributed by atoms with E-state index in [-0.39, 0.29) is 23.4 Å². The fourth-order valence-electron chi connectivity index (χ4n) is 4.15. The van der Waals surface area contributed by atoms with Crippen molar-refractivity contribution in [3.05, 3.63) is 100 Å². The number of amides is 2. The summed E-state index contributed by atoms with van der Waals surface area (Å²) < 4.78 is 51.8. The summed E-state index contributed by atoms with van der Waals surface area (Å²) in [6.07, 6.45) is -6.48. The number of anilines is 1. The highest BCUT2D eigenvalue weighted by Crippen LogP contribution is 2.32. The molecule has 0 bridgehead atoms. The molecule has 0 saturated heterocycles. The van der Waals surface area contributed by atoms with Crippen molar-refractivity contribution >= 4 is 35.3 Å². The molecule has 0 radical (unpaired) electrons. The van der Waals surface area contributed by atoms with Gasteiger partial charge >= 0.3 is 18.4 Å². The van der Waals surface area contributed by atoms with Gasteiger partial charge in [0, 0.05) is 28.1 Å². The molecule has 44 heavy (non-hydrogen) atoms. The van der Waals surface area contributed by atoms with Gasteiger partial charge in [-0.3, -0.25) is 10.1 Å². The summed E-state index contributed by atoms with van der Waals surface area (Å²) in [5, 5.41) is 19.0. The van der Waals surface area contributed by atoms with Crippen LogP contribution in [0.3, 0.4) is 0 Å². The first kappa shape index (κ1) is 31.9. The van der Waals surface area contributed by atoms with Gasteiger partial charge in [0.05, 0.1) is 0 Å². The van der Waals surface area contributed by atoms with E-state index in [0.29, 0.717) is 27.4 Å². The average Bonchev–Trinajstić information content (AvgIpc) is 3.32. The molecular weight excluding hydrogens is 607 g/mol. The number of halogens is 4. The fourth-order valence-corrected chi connectivity index (χ4v) is 4.44. The third-order valence-corrected chi connectivity index (χ3v) is 6.67. The maximum Gasteiger partial charge on any atom is 0.573 e. The molecule has 2 amide bonds. The number of carbonyl (C=O) groups is 3. The van der Waals surface area contributed by atoms with Crippen molar-refractivity contribution in [2.45, 2.75) is 38.8 Å². The van der Waals surface area contributed by atoms with Crippen LogP contribution in [0, 0.1) is 6.92 Å². The molecule has 3 N–H and O–H groups in total. The standard InChI is InChI=1S/C30H25ClF3N3O7/c1-16-25(36-29(41)42-17(2)22-5-3-4-6-23(22)31)26(44-37-16)19-9-11-20(12-10-19)27(38)35-24(28(39)40)15-18-7-13-21(14-8-18)43-30(32,33)34/h3-14,17,24H,15H2,1-2H3,(H,35,38)(H,36,41)(H,39,40). The largest absolute Gasteiger partial charge is 0.573 e. The molecule has 14 heteroatoms. The van der Waals surface area contributed by atoms with Gasteiger partial charge < -0.3 is 24.4 Å². The van der Waals surface area contributed by atoms with Crippen LogP contribution >= 0.6 is 11.6 Å². The van der Waals surface area contributed by atoms with Gasteiger partial charge in [0.15, 0.2) is 5.76 Å². The van der Waals surface area contributed by atoms with Gasteiger partial charge in [0.2, 0.25) is 0 Å². The molecule has 1 heterocycles. The molecule has 3 aromatic carbocycles. The Morgan fingerprint density at radius 1 is 1.02 bits per heavy atom. The van der Waals surface area contributed by atoms with E-state index in [2.05, 4.69) is 20.5 Å². The smallest absolute Gasteiger partial charge is 0.480 e. The summed E-state index contributed by atoms with van der Waals surface area (Å²) in [5.41, 5.74) is 2.17. The van der Waals surface area contributed by atoms with Crippen LogP contribution in [0.25, 0.3) is 11.3 Å². The number of nitrogens with zero attached hydrogens (tertiary/aromatic N) is 1. The molecule has 4 aromatic rings. The van der Waals surface area contributed by atoms with E-state index in [0.717, 1.165) is 12.1 Å². The topological polar surface area (TPSA) is 140 Å². The minimum absolute atomic E-state index is 0.118. The van der Waals surface area contributed by atoms with Crippen molar-refractivity contribution in [3.8, 4) is 17.1 Å². The van der Waals surface area contributed by atoms with Gasteiger partial charge in [0.25, 0.3) is 5.91 Å². The molecule has 1 aromatic heterocycles. The molecule has 230 valence electrons. The number of hydrogen-bond donors (Lipinski definition) is 3. The predicted octanol–water partition coefficient (Wildman–Crippen LogP) is 6.94. The van der Waals surface area contributed by atoms with Crippen molar-refractivity contribution in [1.29, 1.82) is 0 Å². The van der Waals surface area contributed by atoms with Crippen LogP contribution < -0.4 is 15.4 Å². The number of nitrogens with one attached hydrogen (secondary N) is 2. The molecule has 0 aliphatic carbocycles. The third-order valence-electron chi connectivity index (χ3n) is 6.33. The van der Waals surface area contributed by atoms with Crippen LogP contribution in [0.4, 0.5) is 23.7 Å². The number of carboxylic acid groups (broad SMARTS) is 1. The number of hydrogen-bond acceptors (Lipinski definition) is 7. The molecule has 0 fully saturated rings. The molecule has 0 aliphatic heterocycles. The number of benzene rings is 3. The molecule has 2 atom stereocenters. The number of alkyl halides is 3. The zero-order valence-electron chi connectivity index (χ0n) is 23.1. The van der Waals surface area contributed by atoms with E-state index in [1.807, 2.05) is 0 Å². The Hall–Kier alpha value is -5.04. The number of aliphatic carboxylic acids is 1. The minimum atomic E-state index is -4.86. The zero-order chi connectivity index (χ0) is 32.0. The van der Waals surface area contributed by atoms with Crippen LogP contribution in [0.5, 0.6) is 5.75 Å². The fraction of sp³-hybridized carbons (Fsp3) is 0.200. The summed E-state index contributed by atoms with van der Waals surface area (Å²) in [6.45, 7) is 3.29. The van der Waals surface area contributed by atoms with E-state index in [1.54, 1.807) is 38.1 Å². The molecule has 0 saturated carbocycles. The van der Waals surface area contributed by atoms with E-state index < -0.39 is 42.2 Å². The number of ether oxygens (including phenoxy) is 2. The molecule has 10 nitrogen and oxygen atoms in total. The lowest BCUT2D eigenvalue weighted by Gasteiger charge is -2.16. The van der Waals surface area contributed by atoms with Crippen molar-refractivity contribution in [3.63, 3.8) is 0 Å². The van der Waals surface area contributed by atoms with Gasteiger partial charge in [-0.1, -0.05) is 59.2 Å². The Morgan fingerprint density at radius 3 is 2.30 bits per heavy atom. The van der Waals surface area contributed by atoms with Crippen molar-refractivity contribution in [2.75, 3.05) is 5.32 Å². The lowest BCUT2D eigenvalue weighted by molar-refractivity contribution is -0.274. The number of aromatic nitrogens is 1. The van der Waals surface area contributed by atoms with Crippen molar-refractivity contribution in [2.24, 2.45) is 0 Å². The Morgan fingerprint density at radius 2 is 1.68 bits per heavy atom. The Balaban J connectivity index is 1.41. The second-order valence-corrected chi connectivity index (χ2v) is 9.91. The molecule has 2 unspecified atom stereocenters. The molecule has 0 spiro atoms. The van der Waals surface area contributed by atoms with Crippen LogP contribution in [-0.2, 0) is 16.0 Å². The highest BCUT2D eigenvalue weighted by atomic mass is 35.5. The summed E-state index contributed by atoms with van der Waals surface area (Å²) >= 11 is 6.18. The van der Waals surface area contributed by atoms with E-state index in [1.165, 1.54) is 36.4 Å². The van der Waals surface area contributed by atoms with Gasteiger partial charge in [-0.05, 0) is 49.7 Å². The first-order valence-electron chi connectivity index (χ1n) is 13.0. The van der Waals surface area contributed by atoms with Gasteiger partial charge in [-0.2, -0.15) is 0 Å². The summed E-state index contributed by atoms with van der Waals surface area (Å²) in [6, 6.07) is 16.1. The zero-order valence-corrected chi connectivity index (χ0v) is 23.9. The molecule has 4 rings (SSSR count). The van der Waals surface area contributed by atoms with E-state index in [9.17, 15) is 32.7 Å². The average molecular weight is 632 g/mol. The van der Waals surface area contributed by atoms with E-state index in [4.69, 9.17) is 20.9 Å². The van der Waals surface area contributed by atoms with Crippen molar-refractivity contribution < 1.29 is 46.7 Å². The highest BCUT2D eigenvalue weighted by molar-refractivity contribution is 6.31. The van der Waals surface area contributed by atoms with Crippen LogP contribution in [-0.4, -0.2) is 40.6 Å². The van der Waals surface area contributed by atoms with Gasteiger partial charge in [-0.15, -0.1) is 13.2 Å². The van der Waals surface area contributed by atoms with Crippen LogP contribution in [0.15, 0.2) is 77.3 Å². The Kier molecular flexibility index (Phi) is 9.79. The van der Waals surface area contributed by atoms with Gasteiger partial charge in [0.1, 0.15) is 29.3 Å². The second kappa shape index (κ2) is 13.5. The SMILES string of the molecule is Cc1noc(-c2ccc(C(=O)NC(Cc3ccc(OC(F)(F)F)cc3)C(=O)O)cc2)c1NC(=O)OC(C)c1ccccc1Cl. The third kappa shape index (κ3) is 8.28. The Bertz CT molecular complexity index is 1640. The normalized spacial score (nSPS) is 12.6. The Labute approximate surface area is 253 Å². The summed E-state index contributed by atoms with van der Waals surface area (Å²) in [4.78, 5) is 37.3. The number of aryl methyl sites for hydroxylation is 1. The second-order valence-electron chi connectivity index (χ2n) is 9.50. The number of rotatable bonds is 10. The van der Waals surface area contributed by atoms with Gasteiger partial charge in [-0.25, -0.2) is 9.59 Å². The maximum atomic E-state index is 12.8. The lowest BCUT2D eigenvalue weighted by Crippen LogP contribution is -2.42. The summed E-state index contributed by atoms with van der Waals surface area (Å²) in [5.74, 6) is -2.31. The number of carboxylic acids is 1. The first-order chi connectivity index (χ1) is 20.8. The van der Waals surface area contributed by atoms with Crippen molar-refractivity contribution in [1.82, 2.24) is 10.5 Å². The summed E-state index contributed by atoms with van der Waals surface area (Å²) in [7, 11) is 0. The number of carbonyl (C=O) groups excluding carboxylic acids is 2. The molecule has 0 aliphatic rings. The maximum absolute atomic E-state index is 12.8. The molecular formula is C30H25ClF3N3O7. The van der Waals surface area contributed by atoms with Crippen LogP contribution in [0.1, 0.15) is 40.2 Å². The first-order valence-corrected chi connectivity index (χ1v) is 13.4. The van der Waals surface area contributed by atoms with Crippen LogP contribution in [0.2, 0.25) is 5.02 Å². The van der Waals surface area contributed by atoms with E-state index >= 15 is 0 Å². The lowest BCUT2D eigenvalue weighted by atomic mass is 10.0. The quantitative estimate of drug-likeness (QED) is 0.171.